The molecule has 0 aromatic carbocycles. The minimum absolute atomic E-state index is 0.00519. The number of rotatable bonds is 2. The van der Waals surface area contributed by atoms with E-state index in [0.29, 0.717) is 0 Å². The molecule has 0 aromatic heterocycles. The maximum absolute atomic E-state index is 10.7. The molecule has 0 fully saturated rings. The lowest BCUT2D eigenvalue weighted by atomic mass is 10.2. The molecule has 0 saturated carbocycles. The molecule has 3 nitrogen and oxygen atoms in total. The highest BCUT2D eigenvalue weighted by Gasteiger charge is 2.05. The first-order valence-corrected chi connectivity index (χ1v) is 3.07. The Morgan fingerprint density at radius 1 is 1.64 bits per heavy atom. The van der Waals surface area contributed by atoms with Gasteiger partial charge >= 0.3 is 5.97 Å². The first-order chi connectivity index (χ1) is 5.26. The standard InChI is InChI=1S/C8H9NO2/c1-3-4-5-7(6-9)8(10)11-2/h3-5H,1-2H3/b4-3+,7-5+. The van der Waals surface area contributed by atoms with Crippen molar-refractivity contribution < 1.29 is 9.53 Å². The number of ether oxygens (including phenoxy) is 1. The Morgan fingerprint density at radius 3 is 2.64 bits per heavy atom. The first-order valence-electron chi connectivity index (χ1n) is 3.07. The molecule has 0 aromatic rings. The highest BCUT2D eigenvalue weighted by atomic mass is 16.5. The van der Waals surface area contributed by atoms with Crippen molar-refractivity contribution in [3.63, 3.8) is 0 Å². The molecule has 0 rings (SSSR count). The summed E-state index contributed by atoms with van der Waals surface area (Å²) in [6.45, 7) is 1.79. The quantitative estimate of drug-likeness (QED) is 0.258. The number of hydrogen-bond acceptors (Lipinski definition) is 3. The van der Waals surface area contributed by atoms with Crippen molar-refractivity contribution in [3.8, 4) is 6.07 Å². The number of hydrogen-bond donors (Lipinski definition) is 0. The zero-order valence-corrected chi connectivity index (χ0v) is 6.50. The van der Waals surface area contributed by atoms with Gasteiger partial charge in [0, 0.05) is 0 Å². The van der Waals surface area contributed by atoms with Crippen LogP contribution < -0.4 is 0 Å². The van der Waals surface area contributed by atoms with Gasteiger partial charge in [-0.3, -0.25) is 0 Å². The van der Waals surface area contributed by atoms with Gasteiger partial charge in [-0.25, -0.2) is 4.79 Å². The molecule has 0 aliphatic rings. The zero-order valence-electron chi connectivity index (χ0n) is 6.50. The topological polar surface area (TPSA) is 50.1 Å². The largest absolute Gasteiger partial charge is 0.465 e. The molecule has 0 radical (unpaired) electrons. The third-order valence-corrected chi connectivity index (χ3v) is 0.981. The average molecular weight is 151 g/mol. The van der Waals surface area contributed by atoms with Crippen molar-refractivity contribution in [2.75, 3.05) is 7.11 Å². The van der Waals surface area contributed by atoms with E-state index in [9.17, 15) is 4.79 Å². The molecule has 0 N–H and O–H groups in total. The van der Waals surface area contributed by atoms with Crippen LogP contribution >= 0.6 is 0 Å². The maximum Gasteiger partial charge on any atom is 0.348 e. The predicted octanol–water partition coefficient (Wildman–Crippen LogP) is 1.19. The molecule has 0 spiro atoms. The molecule has 0 aliphatic carbocycles. The van der Waals surface area contributed by atoms with Crippen LogP contribution in [0.3, 0.4) is 0 Å². The fourth-order valence-electron chi connectivity index (χ4n) is 0.453. The molecule has 0 atom stereocenters. The van der Waals surface area contributed by atoms with Gasteiger partial charge < -0.3 is 4.74 Å². The van der Waals surface area contributed by atoms with E-state index < -0.39 is 5.97 Å². The highest BCUT2D eigenvalue weighted by molar-refractivity contribution is 5.92. The van der Waals surface area contributed by atoms with Crippen LogP contribution in [0.4, 0.5) is 0 Å². The van der Waals surface area contributed by atoms with Crippen molar-refractivity contribution in [2.45, 2.75) is 6.92 Å². The molecule has 0 heterocycles. The Morgan fingerprint density at radius 2 is 2.27 bits per heavy atom. The van der Waals surface area contributed by atoms with Gasteiger partial charge in [0.05, 0.1) is 7.11 Å². The molecule has 0 saturated heterocycles. The van der Waals surface area contributed by atoms with Gasteiger partial charge in [-0.05, 0) is 13.0 Å². The van der Waals surface area contributed by atoms with Gasteiger partial charge in [0.15, 0.2) is 0 Å². The number of nitriles is 1. The van der Waals surface area contributed by atoms with Crippen LogP contribution in [-0.2, 0) is 9.53 Å². The summed E-state index contributed by atoms with van der Waals surface area (Å²) < 4.78 is 4.34. The minimum Gasteiger partial charge on any atom is -0.465 e. The molecule has 11 heavy (non-hydrogen) atoms. The van der Waals surface area contributed by atoms with Gasteiger partial charge in [-0.2, -0.15) is 5.26 Å². The lowest BCUT2D eigenvalue weighted by Crippen LogP contribution is -2.02. The third kappa shape index (κ3) is 3.21. The lowest BCUT2D eigenvalue weighted by Gasteiger charge is -1.92. The third-order valence-electron chi connectivity index (χ3n) is 0.981. The second-order valence-electron chi connectivity index (χ2n) is 1.71. The molecule has 0 aliphatic heterocycles. The van der Waals surface area contributed by atoms with E-state index >= 15 is 0 Å². The number of allylic oxidation sites excluding steroid dienone is 3. The van der Waals surface area contributed by atoms with E-state index in [1.54, 1.807) is 25.1 Å². The van der Waals surface area contributed by atoms with Crippen LogP contribution in [0.15, 0.2) is 23.8 Å². The van der Waals surface area contributed by atoms with Crippen LogP contribution in [0.25, 0.3) is 0 Å². The van der Waals surface area contributed by atoms with Gasteiger partial charge in [-0.15, -0.1) is 0 Å². The van der Waals surface area contributed by atoms with Crippen LogP contribution in [0.5, 0.6) is 0 Å². The molecule has 0 bridgehead atoms. The molecular formula is C8H9NO2. The van der Waals surface area contributed by atoms with E-state index in [0.717, 1.165) is 0 Å². The SMILES string of the molecule is C/C=C/C=C(\C#N)C(=O)OC. The van der Waals surface area contributed by atoms with Crippen molar-refractivity contribution in [3.05, 3.63) is 23.8 Å². The van der Waals surface area contributed by atoms with Crippen molar-refractivity contribution in [2.24, 2.45) is 0 Å². The maximum atomic E-state index is 10.7. The lowest BCUT2D eigenvalue weighted by molar-refractivity contribution is -0.135. The average Bonchev–Trinajstić information content (AvgIpc) is 2.05. The summed E-state index contributed by atoms with van der Waals surface area (Å²) in [5.74, 6) is -0.606. The van der Waals surface area contributed by atoms with Crippen molar-refractivity contribution >= 4 is 5.97 Å². The Hall–Kier alpha value is -1.56. The summed E-state index contributed by atoms with van der Waals surface area (Å²) >= 11 is 0. The van der Waals surface area contributed by atoms with Crippen LogP contribution in [0.1, 0.15) is 6.92 Å². The van der Waals surface area contributed by atoms with Crippen molar-refractivity contribution in [1.82, 2.24) is 0 Å². The van der Waals surface area contributed by atoms with E-state index in [-0.39, 0.29) is 5.57 Å². The molecule has 58 valence electrons. The number of carbonyl (C=O) groups excluding carboxylic acids is 1. The normalized spacial score (nSPS) is 11.2. The number of nitrogens with zero attached hydrogens (tertiary/aromatic N) is 1. The van der Waals surface area contributed by atoms with Gasteiger partial charge in [-0.1, -0.05) is 12.2 Å². The molecule has 3 heteroatoms. The summed E-state index contributed by atoms with van der Waals surface area (Å²) in [5, 5.41) is 8.40. The summed E-state index contributed by atoms with van der Waals surface area (Å²) in [4.78, 5) is 10.7. The van der Waals surface area contributed by atoms with E-state index in [4.69, 9.17) is 5.26 Å². The summed E-state index contributed by atoms with van der Waals surface area (Å²) in [5.41, 5.74) is 0.00519. The highest BCUT2D eigenvalue weighted by Crippen LogP contribution is 1.95. The van der Waals surface area contributed by atoms with E-state index in [1.807, 2.05) is 0 Å². The molecular weight excluding hydrogens is 142 g/mol. The molecule has 0 unspecified atom stereocenters. The van der Waals surface area contributed by atoms with Gasteiger partial charge in [0.1, 0.15) is 11.6 Å². The number of methoxy groups -OCH3 is 1. The monoisotopic (exact) mass is 151 g/mol. The smallest absolute Gasteiger partial charge is 0.348 e. The van der Waals surface area contributed by atoms with Crippen LogP contribution in [0, 0.1) is 11.3 Å². The summed E-state index contributed by atoms with van der Waals surface area (Å²) in [6.07, 6.45) is 4.74. The summed E-state index contributed by atoms with van der Waals surface area (Å²) in [6, 6.07) is 1.72. The molecule has 0 amide bonds. The number of esters is 1. The van der Waals surface area contributed by atoms with Crippen LogP contribution in [-0.4, -0.2) is 13.1 Å². The Labute approximate surface area is 65.6 Å². The fourth-order valence-corrected chi connectivity index (χ4v) is 0.453. The number of carbonyl (C=O) groups is 1. The van der Waals surface area contributed by atoms with Crippen LogP contribution in [0.2, 0.25) is 0 Å². The second kappa shape index (κ2) is 5.24. The minimum atomic E-state index is -0.606. The van der Waals surface area contributed by atoms with Gasteiger partial charge in [0.25, 0.3) is 0 Å². The Balaban J connectivity index is 4.43. The zero-order chi connectivity index (χ0) is 8.69. The van der Waals surface area contributed by atoms with E-state index in [2.05, 4.69) is 4.74 Å². The van der Waals surface area contributed by atoms with Crippen molar-refractivity contribution in [1.29, 1.82) is 5.26 Å². The Bertz CT molecular complexity index is 233. The first kappa shape index (κ1) is 9.44. The van der Waals surface area contributed by atoms with E-state index in [1.165, 1.54) is 13.2 Å². The summed E-state index contributed by atoms with van der Waals surface area (Å²) in [7, 11) is 1.24. The second-order valence-corrected chi connectivity index (χ2v) is 1.71. The Kier molecular flexibility index (Phi) is 4.50. The predicted molar refractivity (Wildman–Crippen MR) is 40.5 cm³/mol. The van der Waals surface area contributed by atoms with Gasteiger partial charge in [0.2, 0.25) is 0 Å². The fraction of sp³-hybridized carbons (Fsp3) is 0.250.